The van der Waals surface area contributed by atoms with Gasteiger partial charge < -0.3 is 9.88 Å². The topological polar surface area (TPSA) is 108 Å². The van der Waals surface area contributed by atoms with Gasteiger partial charge in [0.25, 0.3) is 0 Å². The molecule has 0 atom stereocenters. The SMILES string of the molecule is C=Nc1[nH]c(-c2ccc(Cl)cc2)cc1/C(=N\C)N1CCC(NS(=O)(=O)c2cnn(CC)c2)CC1. The number of halogens is 1. The fourth-order valence-corrected chi connectivity index (χ4v) is 5.49. The zero-order chi connectivity index (χ0) is 24.3. The average Bonchev–Trinajstić information content (AvgIpc) is 3.49. The summed E-state index contributed by atoms with van der Waals surface area (Å²) in [4.78, 5) is 14.4. The van der Waals surface area contributed by atoms with Gasteiger partial charge in [0.05, 0.1) is 11.8 Å². The van der Waals surface area contributed by atoms with E-state index in [9.17, 15) is 8.42 Å². The van der Waals surface area contributed by atoms with Crippen LogP contribution in [0.4, 0.5) is 5.82 Å². The van der Waals surface area contributed by atoms with Crippen molar-refractivity contribution < 1.29 is 8.42 Å². The summed E-state index contributed by atoms with van der Waals surface area (Å²) in [6.45, 7) is 7.55. The first-order valence-electron chi connectivity index (χ1n) is 11.1. The van der Waals surface area contributed by atoms with Gasteiger partial charge in [-0.05, 0) is 50.2 Å². The van der Waals surface area contributed by atoms with Crippen molar-refractivity contribution in [2.24, 2.45) is 9.98 Å². The molecule has 1 aromatic carbocycles. The smallest absolute Gasteiger partial charge is 0.243 e. The molecular formula is C23H28ClN7O2S. The summed E-state index contributed by atoms with van der Waals surface area (Å²) in [6, 6.07) is 9.41. The summed E-state index contributed by atoms with van der Waals surface area (Å²) in [6.07, 6.45) is 4.25. The summed E-state index contributed by atoms with van der Waals surface area (Å²) in [5.41, 5.74) is 2.73. The van der Waals surface area contributed by atoms with Gasteiger partial charge in [0.1, 0.15) is 16.5 Å². The van der Waals surface area contributed by atoms with Crippen molar-refractivity contribution in [1.82, 2.24) is 24.4 Å². The Balaban J connectivity index is 1.46. The maximum atomic E-state index is 12.7. The Hall–Kier alpha value is -2.95. The highest BCUT2D eigenvalue weighted by Crippen LogP contribution is 2.30. The lowest BCUT2D eigenvalue weighted by molar-refractivity contribution is 0.302. The third-order valence-corrected chi connectivity index (χ3v) is 7.65. The van der Waals surface area contributed by atoms with Crippen LogP contribution in [0.5, 0.6) is 0 Å². The molecule has 1 aliphatic heterocycles. The second-order valence-corrected chi connectivity index (χ2v) is 10.2. The molecule has 34 heavy (non-hydrogen) atoms. The molecule has 180 valence electrons. The van der Waals surface area contributed by atoms with Gasteiger partial charge in [0, 0.05) is 49.6 Å². The van der Waals surface area contributed by atoms with E-state index in [1.807, 2.05) is 37.3 Å². The van der Waals surface area contributed by atoms with Crippen molar-refractivity contribution >= 4 is 40.0 Å². The van der Waals surface area contributed by atoms with Crippen molar-refractivity contribution in [3.8, 4) is 11.3 Å². The van der Waals surface area contributed by atoms with Crippen molar-refractivity contribution in [2.45, 2.75) is 37.2 Å². The molecule has 2 N–H and O–H groups in total. The lowest BCUT2D eigenvalue weighted by Crippen LogP contribution is -2.46. The number of nitrogens with zero attached hydrogens (tertiary/aromatic N) is 5. The summed E-state index contributed by atoms with van der Waals surface area (Å²) in [7, 11) is -1.86. The van der Waals surface area contributed by atoms with Crippen LogP contribution < -0.4 is 4.72 Å². The minimum Gasteiger partial charge on any atom is -0.356 e. The molecule has 0 radical (unpaired) electrons. The van der Waals surface area contributed by atoms with Crippen LogP contribution in [0.25, 0.3) is 11.3 Å². The van der Waals surface area contributed by atoms with Crippen LogP contribution in [-0.2, 0) is 16.6 Å². The van der Waals surface area contributed by atoms with Crippen molar-refractivity contribution in [3.63, 3.8) is 0 Å². The Kier molecular flexibility index (Phi) is 7.20. The number of aryl methyl sites for hydroxylation is 1. The highest BCUT2D eigenvalue weighted by atomic mass is 35.5. The number of H-pyrrole nitrogens is 1. The van der Waals surface area contributed by atoms with E-state index in [0.717, 1.165) is 22.7 Å². The Morgan fingerprint density at radius 2 is 2.00 bits per heavy atom. The van der Waals surface area contributed by atoms with E-state index >= 15 is 0 Å². The molecule has 9 nitrogen and oxygen atoms in total. The number of rotatable bonds is 7. The van der Waals surface area contributed by atoms with Crippen molar-refractivity contribution in [3.05, 3.63) is 53.3 Å². The largest absolute Gasteiger partial charge is 0.356 e. The first-order valence-corrected chi connectivity index (χ1v) is 12.9. The highest BCUT2D eigenvalue weighted by Gasteiger charge is 2.28. The molecule has 1 aliphatic rings. The number of nitrogens with one attached hydrogen (secondary N) is 2. The number of benzene rings is 1. The van der Waals surface area contributed by atoms with Crippen molar-refractivity contribution in [2.75, 3.05) is 20.1 Å². The van der Waals surface area contributed by atoms with Gasteiger partial charge in [-0.3, -0.25) is 9.67 Å². The first-order chi connectivity index (χ1) is 16.3. The second kappa shape index (κ2) is 10.1. The molecule has 0 bridgehead atoms. The number of aromatic nitrogens is 3. The van der Waals surface area contributed by atoms with Gasteiger partial charge >= 0.3 is 0 Å². The molecule has 1 fully saturated rings. The number of sulfonamides is 1. The van der Waals surface area contributed by atoms with E-state index in [1.54, 1.807) is 17.9 Å². The van der Waals surface area contributed by atoms with E-state index in [-0.39, 0.29) is 10.9 Å². The average molecular weight is 502 g/mol. The zero-order valence-corrected chi connectivity index (χ0v) is 20.8. The third kappa shape index (κ3) is 5.08. The molecule has 0 amide bonds. The van der Waals surface area contributed by atoms with Gasteiger partial charge in [-0.1, -0.05) is 23.7 Å². The van der Waals surface area contributed by atoms with Gasteiger partial charge in [-0.25, -0.2) is 18.1 Å². The van der Waals surface area contributed by atoms with E-state index in [4.69, 9.17) is 11.6 Å². The molecule has 11 heteroatoms. The number of hydrogen-bond donors (Lipinski definition) is 2. The fourth-order valence-electron chi connectivity index (χ4n) is 4.11. The molecule has 0 spiro atoms. The van der Waals surface area contributed by atoms with Crippen LogP contribution in [0, 0.1) is 0 Å². The van der Waals surface area contributed by atoms with E-state index < -0.39 is 10.0 Å². The lowest BCUT2D eigenvalue weighted by atomic mass is 10.0. The number of aromatic amines is 1. The first kappa shape index (κ1) is 24.2. The Bertz CT molecular complexity index is 1290. The lowest BCUT2D eigenvalue weighted by Gasteiger charge is -2.34. The minimum atomic E-state index is -3.61. The number of likely N-dealkylation sites (tertiary alicyclic amines) is 1. The Morgan fingerprint density at radius 3 is 2.59 bits per heavy atom. The van der Waals surface area contributed by atoms with Crippen LogP contribution in [0.15, 0.2) is 57.6 Å². The standard InChI is InChI=1S/C23H28ClN7O2S/c1-4-31-15-19(14-27-31)34(32,33)29-18-9-11-30(12-10-18)23(26-3)20-13-21(28-22(20)25-2)16-5-7-17(24)8-6-16/h5-8,13-15,18,28-29H,2,4,9-12H2,1,3H3/b26-23+. The van der Waals surface area contributed by atoms with Gasteiger partial charge in [-0.2, -0.15) is 5.10 Å². The summed E-state index contributed by atoms with van der Waals surface area (Å²) in [5.74, 6) is 1.44. The van der Waals surface area contributed by atoms with Crippen LogP contribution in [0.3, 0.4) is 0 Å². The second-order valence-electron chi connectivity index (χ2n) is 8.07. The van der Waals surface area contributed by atoms with E-state index in [2.05, 4.69) is 36.4 Å². The monoisotopic (exact) mass is 501 g/mol. The molecular weight excluding hydrogens is 474 g/mol. The predicted octanol–water partition coefficient (Wildman–Crippen LogP) is 3.70. The van der Waals surface area contributed by atoms with Crippen LogP contribution in [-0.4, -0.2) is 66.8 Å². The third-order valence-electron chi connectivity index (χ3n) is 5.92. The van der Waals surface area contributed by atoms with Crippen molar-refractivity contribution in [1.29, 1.82) is 0 Å². The van der Waals surface area contributed by atoms with Gasteiger partial charge in [0.2, 0.25) is 10.0 Å². The van der Waals surface area contributed by atoms with Crippen LogP contribution >= 0.6 is 11.6 Å². The molecule has 1 saturated heterocycles. The normalized spacial score (nSPS) is 15.6. The number of amidine groups is 1. The Labute approximate surface area is 204 Å². The highest BCUT2D eigenvalue weighted by molar-refractivity contribution is 7.89. The van der Waals surface area contributed by atoms with Crippen LogP contribution in [0.1, 0.15) is 25.3 Å². The zero-order valence-electron chi connectivity index (χ0n) is 19.2. The maximum absolute atomic E-state index is 12.7. The number of hydrogen-bond acceptors (Lipinski definition) is 5. The summed E-state index contributed by atoms with van der Waals surface area (Å²) < 4.78 is 29.9. The van der Waals surface area contributed by atoms with Crippen LogP contribution in [0.2, 0.25) is 5.02 Å². The number of aliphatic imine (C=N–C) groups is 2. The molecule has 0 saturated carbocycles. The summed E-state index contributed by atoms with van der Waals surface area (Å²) in [5, 5.41) is 4.74. The van der Waals surface area contributed by atoms with E-state index in [1.165, 1.54) is 6.20 Å². The van der Waals surface area contributed by atoms with Gasteiger partial charge in [-0.15, -0.1) is 0 Å². The molecule has 3 aromatic rings. The van der Waals surface area contributed by atoms with E-state index in [0.29, 0.717) is 43.3 Å². The Morgan fingerprint density at radius 1 is 1.29 bits per heavy atom. The molecule has 3 heterocycles. The number of piperidine rings is 1. The molecule has 0 unspecified atom stereocenters. The maximum Gasteiger partial charge on any atom is 0.243 e. The molecule has 0 aliphatic carbocycles. The molecule has 4 rings (SSSR count). The quantitative estimate of drug-likeness (QED) is 0.380. The summed E-state index contributed by atoms with van der Waals surface area (Å²) >= 11 is 6.02. The predicted molar refractivity (Wildman–Crippen MR) is 136 cm³/mol. The van der Waals surface area contributed by atoms with Gasteiger partial charge in [0.15, 0.2) is 0 Å². The molecule has 2 aromatic heterocycles. The minimum absolute atomic E-state index is 0.155. The fraction of sp³-hybridized carbons (Fsp3) is 0.348.